The number of aromatic nitrogens is 1. The van der Waals surface area contributed by atoms with Crippen molar-refractivity contribution in [3.8, 4) is 0 Å². The van der Waals surface area contributed by atoms with Gasteiger partial charge < -0.3 is 4.74 Å². The van der Waals surface area contributed by atoms with Gasteiger partial charge in [-0.3, -0.25) is 9.78 Å². The van der Waals surface area contributed by atoms with Crippen molar-refractivity contribution in [1.82, 2.24) is 4.98 Å². The molecule has 0 amide bonds. The van der Waals surface area contributed by atoms with Gasteiger partial charge in [0.25, 0.3) is 0 Å². The Kier molecular flexibility index (Phi) is 4.05. The molecule has 1 aliphatic rings. The van der Waals surface area contributed by atoms with E-state index >= 15 is 0 Å². The SMILES string of the molecule is O=C(Cc1ccccn1)CC1CCCCO1. The zero-order chi connectivity index (χ0) is 11.2. The van der Waals surface area contributed by atoms with Crippen molar-refractivity contribution >= 4 is 5.78 Å². The molecule has 86 valence electrons. The zero-order valence-corrected chi connectivity index (χ0v) is 9.39. The number of ketones is 1. The molecular weight excluding hydrogens is 202 g/mol. The van der Waals surface area contributed by atoms with Crippen LogP contribution in [0.4, 0.5) is 0 Å². The van der Waals surface area contributed by atoms with E-state index in [0.29, 0.717) is 12.8 Å². The molecule has 3 heteroatoms. The van der Waals surface area contributed by atoms with Crippen molar-refractivity contribution in [3.05, 3.63) is 30.1 Å². The van der Waals surface area contributed by atoms with Crippen LogP contribution < -0.4 is 0 Å². The van der Waals surface area contributed by atoms with Gasteiger partial charge in [0.05, 0.1) is 6.10 Å². The second-order valence-corrected chi connectivity index (χ2v) is 4.23. The number of hydrogen-bond acceptors (Lipinski definition) is 3. The molecular formula is C13H17NO2. The molecule has 0 saturated carbocycles. The smallest absolute Gasteiger partial charge is 0.141 e. The maximum atomic E-state index is 11.8. The first-order valence-corrected chi connectivity index (χ1v) is 5.88. The number of nitrogens with zero attached hydrogens (tertiary/aromatic N) is 1. The summed E-state index contributed by atoms with van der Waals surface area (Å²) in [6, 6.07) is 5.66. The second-order valence-electron chi connectivity index (χ2n) is 4.23. The minimum absolute atomic E-state index is 0.143. The summed E-state index contributed by atoms with van der Waals surface area (Å²) in [5.41, 5.74) is 0.850. The lowest BCUT2D eigenvalue weighted by Crippen LogP contribution is -2.23. The first-order valence-electron chi connectivity index (χ1n) is 5.88. The highest BCUT2D eigenvalue weighted by Gasteiger charge is 2.17. The number of Topliss-reactive ketones (excluding diaryl/α,β-unsaturated/α-hetero) is 1. The van der Waals surface area contributed by atoms with Crippen LogP contribution >= 0.6 is 0 Å². The summed E-state index contributed by atoms with van der Waals surface area (Å²) in [7, 11) is 0. The summed E-state index contributed by atoms with van der Waals surface area (Å²) in [5, 5.41) is 0. The van der Waals surface area contributed by atoms with E-state index in [1.54, 1.807) is 6.20 Å². The highest BCUT2D eigenvalue weighted by atomic mass is 16.5. The van der Waals surface area contributed by atoms with Crippen LogP contribution in [-0.4, -0.2) is 23.5 Å². The molecule has 1 unspecified atom stereocenters. The van der Waals surface area contributed by atoms with Gasteiger partial charge in [0, 0.05) is 31.3 Å². The Morgan fingerprint density at radius 3 is 3.06 bits per heavy atom. The van der Waals surface area contributed by atoms with Gasteiger partial charge in [0.15, 0.2) is 0 Å². The van der Waals surface area contributed by atoms with Gasteiger partial charge in [-0.25, -0.2) is 0 Å². The van der Waals surface area contributed by atoms with Crippen LogP contribution in [0.25, 0.3) is 0 Å². The fourth-order valence-electron chi connectivity index (χ4n) is 2.00. The summed E-state index contributed by atoms with van der Waals surface area (Å²) in [5.74, 6) is 0.227. The van der Waals surface area contributed by atoms with Gasteiger partial charge >= 0.3 is 0 Å². The molecule has 2 rings (SSSR count). The van der Waals surface area contributed by atoms with E-state index in [-0.39, 0.29) is 11.9 Å². The fourth-order valence-corrected chi connectivity index (χ4v) is 2.00. The largest absolute Gasteiger partial charge is 0.378 e. The third-order valence-corrected chi connectivity index (χ3v) is 2.83. The van der Waals surface area contributed by atoms with Crippen LogP contribution in [0.1, 0.15) is 31.4 Å². The fraction of sp³-hybridized carbons (Fsp3) is 0.538. The predicted octanol–water partition coefficient (Wildman–Crippen LogP) is 2.15. The minimum atomic E-state index is 0.143. The third-order valence-electron chi connectivity index (χ3n) is 2.83. The Labute approximate surface area is 95.8 Å². The predicted molar refractivity (Wildman–Crippen MR) is 61.2 cm³/mol. The molecule has 0 aromatic carbocycles. The van der Waals surface area contributed by atoms with Crippen LogP contribution in [0.3, 0.4) is 0 Å². The number of carbonyl (C=O) groups is 1. The van der Waals surface area contributed by atoms with Crippen LogP contribution in [0.15, 0.2) is 24.4 Å². The molecule has 0 N–H and O–H groups in total. The van der Waals surface area contributed by atoms with E-state index in [4.69, 9.17) is 4.74 Å². The lowest BCUT2D eigenvalue weighted by Gasteiger charge is -2.21. The van der Waals surface area contributed by atoms with E-state index in [1.165, 1.54) is 6.42 Å². The molecule has 0 radical (unpaired) electrons. The lowest BCUT2D eigenvalue weighted by atomic mass is 10.0. The average Bonchev–Trinajstić information content (AvgIpc) is 2.31. The molecule has 1 atom stereocenters. The molecule has 1 saturated heterocycles. The number of pyridine rings is 1. The van der Waals surface area contributed by atoms with Crippen molar-refractivity contribution in [2.45, 2.75) is 38.2 Å². The Morgan fingerprint density at radius 1 is 1.44 bits per heavy atom. The van der Waals surface area contributed by atoms with E-state index in [1.807, 2.05) is 18.2 Å². The van der Waals surface area contributed by atoms with Crippen molar-refractivity contribution in [3.63, 3.8) is 0 Å². The molecule has 1 aliphatic heterocycles. The Balaban J connectivity index is 1.80. The standard InChI is InChI=1S/C13H17NO2/c15-12(9-11-5-1-3-7-14-11)10-13-6-2-4-8-16-13/h1,3,5,7,13H,2,4,6,8-10H2. The maximum absolute atomic E-state index is 11.8. The summed E-state index contributed by atoms with van der Waals surface area (Å²) in [6.07, 6.45) is 6.17. The molecule has 1 fully saturated rings. The van der Waals surface area contributed by atoms with Crippen molar-refractivity contribution < 1.29 is 9.53 Å². The van der Waals surface area contributed by atoms with E-state index in [0.717, 1.165) is 25.1 Å². The highest BCUT2D eigenvalue weighted by Crippen LogP contribution is 2.16. The number of ether oxygens (including phenoxy) is 1. The van der Waals surface area contributed by atoms with E-state index < -0.39 is 0 Å². The van der Waals surface area contributed by atoms with Gasteiger partial charge in [-0.05, 0) is 31.4 Å². The normalized spacial score (nSPS) is 20.6. The summed E-state index contributed by atoms with van der Waals surface area (Å²) in [4.78, 5) is 15.9. The lowest BCUT2D eigenvalue weighted by molar-refractivity contribution is -0.122. The van der Waals surface area contributed by atoms with Crippen LogP contribution in [0.5, 0.6) is 0 Å². The zero-order valence-electron chi connectivity index (χ0n) is 9.39. The average molecular weight is 219 g/mol. The molecule has 0 bridgehead atoms. The Hall–Kier alpha value is -1.22. The first kappa shape index (κ1) is 11.3. The third kappa shape index (κ3) is 3.42. The molecule has 0 spiro atoms. The van der Waals surface area contributed by atoms with Crippen LogP contribution in [-0.2, 0) is 16.0 Å². The summed E-state index contributed by atoms with van der Waals surface area (Å²) < 4.78 is 5.55. The molecule has 0 aliphatic carbocycles. The van der Waals surface area contributed by atoms with Gasteiger partial charge in [0.2, 0.25) is 0 Å². The summed E-state index contributed by atoms with van der Waals surface area (Å²) in [6.45, 7) is 0.807. The molecule has 1 aromatic heterocycles. The van der Waals surface area contributed by atoms with Crippen molar-refractivity contribution in [1.29, 1.82) is 0 Å². The molecule has 3 nitrogen and oxygen atoms in total. The van der Waals surface area contributed by atoms with Crippen molar-refractivity contribution in [2.75, 3.05) is 6.61 Å². The molecule has 2 heterocycles. The van der Waals surface area contributed by atoms with Gasteiger partial charge in [0.1, 0.15) is 5.78 Å². The Bertz CT molecular complexity index is 331. The quantitative estimate of drug-likeness (QED) is 0.779. The topological polar surface area (TPSA) is 39.2 Å². The highest BCUT2D eigenvalue weighted by molar-refractivity contribution is 5.80. The summed E-state index contributed by atoms with van der Waals surface area (Å²) >= 11 is 0. The van der Waals surface area contributed by atoms with Gasteiger partial charge in [-0.2, -0.15) is 0 Å². The second kappa shape index (κ2) is 5.75. The number of hydrogen-bond donors (Lipinski definition) is 0. The van der Waals surface area contributed by atoms with Crippen LogP contribution in [0.2, 0.25) is 0 Å². The monoisotopic (exact) mass is 219 g/mol. The molecule has 16 heavy (non-hydrogen) atoms. The van der Waals surface area contributed by atoms with E-state index in [2.05, 4.69) is 4.98 Å². The first-order chi connectivity index (χ1) is 7.84. The Morgan fingerprint density at radius 2 is 2.38 bits per heavy atom. The van der Waals surface area contributed by atoms with Crippen molar-refractivity contribution in [2.24, 2.45) is 0 Å². The van der Waals surface area contributed by atoms with Gasteiger partial charge in [-0.15, -0.1) is 0 Å². The minimum Gasteiger partial charge on any atom is -0.378 e. The number of rotatable bonds is 4. The number of carbonyl (C=O) groups excluding carboxylic acids is 1. The van der Waals surface area contributed by atoms with Crippen LogP contribution in [0, 0.1) is 0 Å². The maximum Gasteiger partial charge on any atom is 0.141 e. The van der Waals surface area contributed by atoms with Gasteiger partial charge in [-0.1, -0.05) is 6.07 Å². The molecule has 1 aromatic rings. The van der Waals surface area contributed by atoms with E-state index in [9.17, 15) is 4.79 Å².